The molecule has 0 unspecified atom stereocenters. The van der Waals surface area contributed by atoms with Crippen molar-refractivity contribution in [1.82, 2.24) is 5.32 Å². The van der Waals surface area contributed by atoms with Crippen LogP contribution in [0.15, 0.2) is 35.4 Å². The number of hydrazone groups is 1. The van der Waals surface area contributed by atoms with Gasteiger partial charge in [0.15, 0.2) is 11.1 Å². The lowest BCUT2D eigenvalue weighted by Gasteiger charge is -2.11. The van der Waals surface area contributed by atoms with E-state index in [1.807, 2.05) is 11.5 Å². The zero-order chi connectivity index (χ0) is 13.8. The Morgan fingerprint density at radius 3 is 2.74 bits per heavy atom. The van der Waals surface area contributed by atoms with Crippen LogP contribution < -0.4 is 10.3 Å². The maximum absolute atomic E-state index is 12.2. The molecule has 2 amide bonds. The summed E-state index contributed by atoms with van der Waals surface area (Å²) in [6, 6.07) is 8.84. The number of anilines is 1. The van der Waals surface area contributed by atoms with Gasteiger partial charge in [0.2, 0.25) is 5.91 Å². The van der Waals surface area contributed by atoms with Crippen LogP contribution in [-0.2, 0) is 9.59 Å². The standard InChI is InChI=1S/C12H10N4O2S/c1-8(17)14-11-10(19-7-13)12(18)16(15-11)9-5-3-2-4-6-9/h2-6,10H,1H3,(H,14,15,17)/t10-/m1/s1. The van der Waals surface area contributed by atoms with Crippen molar-refractivity contribution in [2.45, 2.75) is 12.2 Å². The van der Waals surface area contributed by atoms with Gasteiger partial charge in [-0.2, -0.15) is 10.3 Å². The maximum Gasteiger partial charge on any atom is 0.269 e. The van der Waals surface area contributed by atoms with Crippen molar-refractivity contribution in [3.63, 3.8) is 0 Å². The van der Waals surface area contributed by atoms with E-state index in [2.05, 4.69) is 10.4 Å². The molecule has 2 rings (SSSR count). The van der Waals surface area contributed by atoms with E-state index in [9.17, 15) is 9.59 Å². The number of para-hydroxylation sites is 1. The van der Waals surface area contributed by atoms with Crippen molar-refractivity contribution in [3.8, 4) is 5.40 Å². The van der Waals surface area contributed by atoms with Crippen molar-refractivity contribution in [1.29, 1.82) is 5.26 Å². The number of amides is 2. The summed E-state index contributed by atoms with van der Waals surface area (Å²) in [5.41, 5.74) is 0.594. The summed E-state index contributed by atoms with van der Waals surface area (Å²) in [5.74, 6) is -0.487. The second-order valence-electron chi connectivity index (χ2n) is 3.74. The van der Waals surface area contributed by atoms with Gasteiger partial charge in [-0.25, -0.2) is 0 Å². The van der Waals surface area contributed by atoms with Crippen molar-refractivity contribution in [2.24, 2.45) is 5.10 Å². The van der Waals surface area contributed by atoms with Crippen LogP contribution in [0.2, 0.25) is 0 Å². The van der Waals surface area contributed by atoms with E-state index in [1.54, 1.807) is 24.3 Å². The Balaban J connectivity index is 2.32. The van der Waals surface area contributed by atoms with Crippen molar-refractivity contribution in [2.75, 3.05) is 5.01 Å². The molecule has 1 aromatic carbocycles. The highest BCUT2D eigenvalue weighted by Crippen LogP contribution is 2.25. The predicted octanol–water partition coefficient (Wildman–Crippen LogP) is 1.07. The Hall–Kier alpha value is -2.33. The third-order valence-electron chi connectivity index (χ3n) is 2.36. The van der Waals surface area contributed by atoms with E-state index in [4.69, 9.17) is 5.26 Å². The van der Waals surface area contributed by atoms with Crippen LogP contribution in [0.3, 0.4) is 0 Å². The van der Waals surface area contributed by atoms with Crippen LogP contribution in [0.4, 0.5) is 5.69 Å². The first-order chi connectivity index (χ1) is 9.13. The second-order valence-corrected chi connectivity index (χ2v) is 4.63. The molecule has 0 aromatic heterocycles. The van der Waals surface area contributed by atoms with Crippen molar-refractivity contribution in [3.05, 3.63) is 30.3 Å². The van der Waals surface area contributed by atoms with Gasteiger partial charge < -0.3 is 5.32 Å². The molecular formula is C12H10N4O2S. The molecule has 0 fully saturated rings. The number of carbonyl (C=O) groups excluding carboxylic acids is 2. The van der Waals surface area contributed by atoms with Crippen LogP contribution >= 0.6 is 11.8 Å². The number of hydrogen-bond donors (Lipinski definition) is 1. The molecule has 1 heterocycles. The minimum atomic E-state index is -0.797. The van der Waals surface area contributed by atoms with Crippen molar-refractivity contribution < 1.29 is 9.59 Å². The van der Waals surface area contributed by atoms with Crippen LogP contribution in [0.25, 0.3) is 0 Å². The fraction of sp³-hybridized carbons (Fsp3) is 0.167. The molecule has 7 heteroatoms. The highest BCUT2D eigenvalue weighted by Gasteiger charge is 2.38. The Labute approximate surface area is 114 Å². The van der Waals surface area contributed by atoms with Crippen LogP contribution in [0, 0.1) is 10.7 Å². The molecule has 0 aliphatic carbocycles. The molecule has 0 radical (unpaired) electrons. The Bertz CT molecular complexity index is 579. The molecule has 1 aliphatic heterocycles. The first kappa shape index (κ1) is 13.1. The number of nitrogens with zero attached hydrogens (tertiary/aromatic N) is 3. The second kappa shape index (κ2) is 5.54. The van der Waals surface area contributed by atoms with E-state index in [0.29, 0.717) is 5.69 Å². The molecule has 0 spiro atoms. The van der Waals surface area contributed by atoms with E-state index in [-0.39, 0.29) is 17.6 Å². The summed E-state index contributed by atoms with van der Waals surface area (Å²) in [5, 5.41) is 17.5. The molecule has 0 saturated heterocycles. The lowest BCUT2D eigenvalue weighted by atomic mass is 10.3. The molecule has 1 aromatic rings. The summed E-state index contributed by atoms with van der Waals surface area (Å²) in [4.78, 5) is 23.3. The molecule has 1 N–H and O–H groups in total. The number of nitrogens with one attached hydrogen (secondary N) is 1. The number of carbonyl (C=O) groups is 2. The predicted molar refractivity (Wildman–Crippen MR) is 72.2 cm³/mol. The number of thioether (sulfide) groups is 1. The van der Waals surface area contributed by atoms with Gasteiger partial charge in [-0.3, -0.25) is 9.59 Å². The fourth-order valence-corrected chi connectivity index (χ4v) is 2.15. The zero-order valence-corrected chi connectivity index (χ0v) is 10.8. The lowest BCUT2D eigenvalue weighted by Crippen LogP contribution is -2.37. The molecule has 96 valence electrons. The van der Waals surface area contributed by atoms with Crippen LogP contribution in [0.5, 0.6) is 0 Å². The fourth-order valence-electron chi connectivity index (χ4n) is 1.62. The Morgan fingerprint density at radius 2 is 2.16 bits per heavy atom. The van der Waals surface area contributed by atoms with E-state index < -0.39 is 5.25 Å². The van der Waals surface area contributed by atoms with E-state index in [0.717, 1.165) is 11.8 Å². The van der Waals surface area contributed by atoms with E-state index >= 15 is 0 Å². The molecule has 0 bridgehead atoms. The highest BCUT2D eigenvalue weighted by molar-refractivity contribution is 8.05. The van der Waals surface area contributed by atoms with Gasteiger partial charge in [0, 0.05) is 6.92 Å². The number of amidine groups is 1. The highest BCUT2D eigenvalue weighted by atomic mass is 32.2. The molecule has 1 aliphatic rings. The average molecular weight is 274 g/mol. The first-order valence-corrected chi connectivity index (χ1v) is 6.31. The summed E-state index contributed by atoms with van der Waals surface area (Å²) >= 11 is 0.764. The number of rotatable bonds is 2. The van der Waals surface area contributed by atoms with Gasteiger partial charge in [-0.1, -0.05) is 18.2 Å². The molecule has 6 nitrogen and oxygen atoms in total. The van der Waals surface area contributed by atoms with Gasteiger partial charge in [0.05, 0.1) is 5.69 Å². The van der Waals surface area contributed by atoms with Crippen LogP contribution in [-0.4, -0.2) is 22.9 Å². The normalized spacial score (nSPS) is 17.9. The summed E-state index contributed by atoms with van der Waals surface area (Å²) < 4.78 is 0. The monoisotopic (exact) mass is 274 g/mol. The van der Waals surface area contributed by atoms with Gasteiger partial charge in [-0.05, 0) is 23.9 Å². The zero-order valence-electron chi connectivity index (χ0n) is 10.0. The van der Waals surface area contributed by atoms with Crippen molar-refractivity contribution >= 4 is 35.1 Å². The topological polar surface area (TPSA) is 85.6 Å². The van der Waals surface area contributed by atoms with Gasteiger partial charge in [0.1, 0.15) is 5.40 Å². The average Bonchev–Trinajstić information content (AvgIpc) is 2.68. The molecule has 1 atom stereocenters. The third-order valence-corrected chi connectivity index (χ3v) is 3.13. The molecule has 0 saturated carbocycles. The largest absolute Gasteiger partial charge is 0.312 e. The smallest absolute Gasteiger partial charge is 0.269 e. The molecular weight excluding hydrogens is 264 g/mol. The Kier molecular flexibility index (Phi) is 3.82. The number of nitriles is 1. The summed E-state index contributed by atoms with van der Waals surface area (Å²) in [7, 11) is 0. The van der Waals surface area contributed by atoms with Gasteiger partial charge in [-0.15, -0.1) is 5.10 Å². The molecule has 19 heavy (non-hydrogen) atoms. The van der Waals surface area contributed by atoms with Crippen LogP contribution in [0.1, 0.15) is 6.92 Å². The minimum absolute atomic E-state index is 0.188. The summed E-state index contributed by atoms with van der Waals surface area (Å²) in [6.07, 6.45) is 0. The third kappa shape index (κ3) is 2.74. The lowest BCUT2D eigenvalue weighted by molar-refractivity contribution is -0.117. The first-order valence-electron chi connectivity index (χ1n) is 5.43. The quantitative estimate of drug-likeness (QED) is 0.817. The minimum Gasteiger partial charge on any atom is -0.312 e. The summed E-state index contributed by atoms with van der Waals surface area (Å²) in [6.45, 7) is 1.33. The van der Waals surface area contributed by atoms with E-state index in [1.165, 1.54) is 11.9 Å². The van der Waals surface area contributed by atoms with Gasteiger partial charge >= 0.3 is 0 Å². The number of benzene rings is 1. The number of thiocyanates is 1. The SMILES string of the molecule is CC(=O)NC1=NN(c2ccccc2)C(=O)[C@@H]1SC#N. The Morgan fingerprint density at radius 1 is 1.47 bits per heavy atom. The van der Waals surface area contributed by atoms with Gasteiger partial charge in [0.25, 0.3) is 5.91 Å². The number of hydrogen-bond acceptors (Lipinski definition) is 5. The maximum atomic E-state index is 12.2.